The first-order valence-electron chi connectivity index (χ1n) is 4.27. The molecule has 0 saturated carbocycles. The lowest BCUT2D eigenvalue weighted by atomic mass is 10.1. The first-order valence-corrected chi connectivity index (χ1v) is 4.27. The van der Waals surface area contributed by atoms with Crippen LogP contribution in [0.3, 0.4) is 0 Å². The maximum atomic E-state index is 11.3. The number of imide groups is 1. The Morgan fingerprint density at radius 2 is 2.14 bits per heavy atom. The van der Waals surface area contributed by atoms with Gasteiger partial charge < -0.3 is 4.98 Å². The van der Waals surface area contributed by atoms with E-state index in [-0.39, 0.29) is 18.0 Å². The van der Waals surface area contributed by atoms with Crippen molar-refractivity contribution in [2.45, 2.75) is 18.9 Å². The van der Waals surface area contributed by atoms with Crippen molar-refractivity contribution in [3.63, 3.8) is 0 Å². The number of rotatable bonds is 1. The Bertz CT molecular complexity index is 431. The highest BCUT2D eigenvalue weighted by Gasteiger charge is 2.28. The van der Waals surface area contributed by atoms with E-state index < -0.39 is 11.9 Å². The van der Waals surface area contributed by atoms with E-state index in [9.17, 15) is 14.4 Å². The monoisotopic (exact) mass is 195 g/mol. The zero-order valence-electron chi connectivity index (χ0n) is 7.32. The van der Waals surface area contributed by atoms with Crippen molar-refractivity contribution >= 4 is 11.8 Å². The van der Waals surface area contributed by atoms with E-state index in [2.05, 4.69) is 10.3 Å². The fraction of sp³-hybridized carbons (Fsp3) is 0.375. The van der Waals surface area contributed by atoms with E-state index in [1.165, 1.54) is 17.0 Å². The van der Waals surface area contributed by atoms with Crippen molar-refractivity contribution in [1.29, 1.82) is 0 Å². The third-order valence-corrected chi connectivity index (χ3v) is 2.22. The molecule has 0 spiro atoms. The second-order valence-corrected chi connectivity index (χ2v) is 3.14. The Kier molecular flexibility index (Phi) is 1.95. The number of H-pyrrole nitrogens is 1. The zero-order valence-corrected chi connectivity index (χ0v) is 7.32. The van der Waals surface area contributed by atoms with Crippen LogP contribution in [-0.2, 0) is 9.59 Å². The van der Waals surface area contributed by atoms with Gasteiger partial charge >= 0.3 is 5.69 Å². The average Bonchev–Trinajstić information content (AvgIpc) is 2.52. The van der Waals surface area contributed by atoms with Crippen LogP contribution in [0.15, 0.2) is 17.2 Å². The minimum atomic E-state index is -0.563. The number of carbonyl (C=O) groups is 2. The summed E-state index contributed by atoms with van der Waals surface area (Å²) in [4.78, 5) is 35.8. The Labute approximate surface area is 78.9 Å². The molecular formula is C8H9N3O3. The fourth-order valence-electron chi connectivity index (χ4n) is 1.52. The SMILES string of the molecule is O=C1CCC(n2cc[nH]c2=O)C(=O)N1. The van der Waals surface area contributed by atoms with Crippen LogP contribution in [0.5, 0.6) is 0 Å². The van der Waals surface area contributed by atoms with Crippen LogP contribution < -0.4 is 11.0 Å². The number of aromatic nitrogens is 2. The first-order chi connectivity index (χ1) is 6.68. The van der Waals surface area contributed by atoms with Gasteiger partial charge in [-0.2, -0.15) is 0 Å². The highest BCUT2D eigenvalue weighted by Crippen LogP contribution is 2.15. The summed E-state index contributed by atoms with van der Waals surface area (Å²) in [5.41, 5.74) is -0.334. The van der Waals surface area contributed by atoms with Crippen LogP contribution in [-0.4, -0.2) is 21.4 Å². The first kappa shape index (κ1) is 8.74. The van der Waals surface area contributed by atoms with Crippen molar-refractivity contribution in [1.82, 2.24) is 14.9 Å². The van der Waals surface area contributed by atoms with Crippen LogP contribution in [0.4, 0.5) is 0 Å². The molecule has 1 aromatic heterocycles. The van der Waals surface area contributed by atoms with Gasteiger partial charge in [0, 0.05) is 18.8 Å². The van der Waals surface area contributed by atoms with Gasteiger partial charge in [-0.25, -0.2) is 4.79 Å². The van der Waals surface area contributed by atoms with Gasteiger partial charge in [0.25, 0.3) is 0 Å². The Morgan fingerprint density at radius 3 is 2.71 bits per heavy atom. The number of nitrogens with zero attached hydrogens (tertiary/aromatic N) is 1. The molecule has 1 saturated heterocycles. The van der Waals surface area contributed by atoms with E-state index >= 15 is 0 Å². The van der Waals surface area contributed by atoms with E-state index in [1.807, 2.05) is 0 Å². The number of piperidine rings is 1. The summed E-state index contributed by atoms with van der Waals surface area (Å²) in [5, 5.41) is 2.19. The van der Waals surface area contributed by atoms with Gasteiger partial charge in [0.1, 0.15) is 6.04 Å². The highest BCUT2D eigenvalue weighted by atomic mass is 16.2. The Balaban J connectivity index is 2.28. The van der Waals surface area contributed by atoms with Crippen LogP contribution in [0.1, 0.15) is 18.9 Å². The third kappa shape index (κ3) is 1.34. The minimum Gasteiger partial charge on any atom is -0.313 e. The molecule has 2 N–H and O–H groups in total. The van der Waals surface area contributed by atoms with Gasteiger partial charge in [0.05, 0.1) is 0 Å². The molecule has 2 heterocycles. The van der Waals surface area contributed by atoms with Gasteiger partial charge in [-0.1, -0.05) is 0 Å². The molecule has 14 heavy (non-hydrogen) atoms. The predicted octanol–water partition coefficient (Wildman–Crippen LogP) is -0.846. The number of imidazole rings is 1. The van der Waals surface area contributed by atoms with Gasteiger partial charge in [0.15, 0.2) is 0 Å². The molecule has 1 unspecified atom stereocenters. The molecule has 2 rings (SSSR count). The molecule has 1 aliphatic rings. The van der Waals surface area contributed by atoms with Crippen LogP contribution in [0, 0.1) is 0 Å². The molecule has 6 nitrogen and oxygen atoms in total. The second kappa shape index (κ2) is 3.13. The van der Waals surface area contributed by atoms with E-state index in [4.69, 9.17) is 0 Å². The lowest BCUT2D eigenvalue weighted by Crippen LogP contribution is -2.43. The van der Waals surface area contributed by atoms with Crippen LogP contribution >= 0.6 is 0 Å². The molecule has 0 aliphatic carbocycles. The van der Waals surface area contributed by atoms with Gasteiger partial charge in [-0.3, -0.25) is 19.5 Å². The molecule has 6 heteroatoms. The second-order valence-electron chi connectivity index (χ2n) is 3.14. The topological polar surface area (TPSA) is 84.0 Å². The standard InChI is InChI=1S/C8H9N3O3/c12-6-2-1-5(7(13)10-6)11-4-3-9-8(11)14/h3-5H,1-2H2,(H,9,14)(H,10,12,13). The summed E-state index contributed by atoms with van der Waals surface area (Å²) in [7, 11) is 0. The lowest BCUT2D eigenvalue weighted by Gasteiger charge is -2.20. The van der Waals surface area contributed by atoms with E-state index in [0.29, 0.717) is 6.42 Å². The number of hydrogen-bond acceptors (Lipinski definition) is 3. The molecule has 0 radical (unpaired) electrons. The summed E-state index contributed by atoms with van der Waals surface area (Å²) in [6, 6.07) is -0.563. The third-order valence-electron chi connectivity index (χ3n) is 2.22. The van der Waals surface area contributed by atoms with Crippen LogP contribution in [0.25, 0.3) is 0 Å². The summed E-state index contributed by atoms with van der Waals surface area (Å²) in [5.74, 6) is -0.696. The molecule has 1 fully saturated rings. The van der Waals surface area contributed by atoms with E-state index in [1.54, 1.807) is 0 Å². The lowest BCUT2D eigenvalue weighted by molar-refractivity contribution is -0.135. The molecule has 2 amide bonds. The van der Waals surface area contributed by atoms with Crippen LogP contribution in [0.2, 0.25) is 0 Å². The Hall–Kier alpha value is -1.85. The number of carbonyl (C=O) groups excluding carboxylic acids is 2. The number of nitrogens with one attached hydrogen (secondary N) is 2. The fourth-order valence-corrected chi connectivity index (χ4v) is 1.52. The molecule has 74 valence electrons. The van der Waals surface area contributed by atoms with Crippen molar-refractivity contribution in [3.05, 3.63) is 22.9 Å². The molecular weight excluding hydrogens is 186 g/mol. The summed E-state index contributed by atoms with van der Waals surface area (Å²) < 4.78 is 1.29. The maximum absolute atomic E-state index is 11.3. The zero-order chi connectivity index (χ0) is 10.1. The minimum absolute atomic E-state index is 0.272. The largest absolute Gasteiger partial charge is 0.326 e. The number of hydrogen-bond donors (Lipinski definition) is 2. The number of amides is 2. The van der Waals surface area contributed by atoms with Crippen molar-refractivity contribution < 1.29 is 9.59 Å². The molecule has 1 atom stereocenters. The summed E-state index contributed by atoms with van der Waals surface area (Å²) in [6.45, 7) is 0. The Morgan fingerprint density at radius 1 is 1.36 bits per heavy atom. The quantitative estimate of drug-likeness (QED) is 0.573. The normalized spacial score (nSPS) is 22.1. The predicted molar refractivity (Wildman–Crippen MR) is 46.5 cm³/mol. The average molecular weight is 195 g/mol. The van der Waals surface area contributed by atoms with Gasteiger partial charge in [-0.05, 0) is 6.42 Å². The van der Waals surface area contributed by atoms with Gasteiger partial charge in [0.2, 0.25) is 11.8 Å². The van der Waals surface area contributed by atoms with Crippen molar-refractivity contribution in [2.24, 2.45) is 0 Å². The molecule has 1 aliphatic heterocycles. The van der Waals surface area contributed by atoms with Crippen molar-refractivity contribution in [3.8, 4) is 0 Å². The molecule has 0 aromatic carbocycles. The van der Waals surface area contributed by atoms with Gasteiger partial charge in [-0.15, -0.1) is 0 Å². The number of aromatic amines is 1. The summed E-state index contributed by atoms with van der Waals surface area (Å²) in [6.07, 6.45) is 3.62. The highest BCUT2D eigenvalue weighted by molar-refractivity contribution is 5.99. The smallest absolute Gasteiger partial charge is 0.313 e. The van der Waals surface area contributed by atoms with E-state index in [0.717, 1.165) is 0 Å². The maximum Gasteiger partial charge on any atom is 0.326 e. The van der Waals surface area contributed by atoms with Crippen molar-refractivity contribution in [2.75, 3.05) is 0 Å². The molecule has 1 aromatic rings. The molecule has 0 bridgehead atoms. The summed E-state index contributed by atoms with van der Waals surface area (Å²) >= 11 is 0.